The van der Waals surface area contributed by atoms with Gasteiger partial charge in [-0.1, -0.05) is 35.9 Å². The second kappa shape index (κ2) is 18.4. The van der Waals surface area contributed by atoms with E-state index >= 15 is 0 Å². The fourth-order valence-corrected chi connectivity index (χ4v) is 7.81. The van der Waals surface area contributed by atoms with Gasteiger partial charge in [-0.15, -0.1) is 0 Å². The first-order chi connectivity index (χ1) is 28.6. The highest BCUT2D eigenvalue weighted by molar-refractivity contribution is 6.33. The molecule has 3 aliphatic rings. The first kappa shape index (κ1) is 40.7. The number of nitrogens with zero attached hydrogens (tertiary/aromatic N) is 6. The number of ether oxygens (including phenoxy) is 1. The zero-order valence-corrected chi connectivity index (χ0v) is 33.6. The zero-order valence-electron chi connectivity index (χ0n) is 32.9. The van der Waals surface area contributed by atoms with Crippen LogP contribution in [0.5, 0.6) is 5.75 Å². The number of anilines is 6. The standard InChI is InChI=1S/C42H46ClN11O5/c1-45-40(57)30-5-3-4-6-32(30)48-39-31(43)24-46-42(51-39)49-34-21-28(23-44)35(22-36(34)59-2)53-17-19-54(20-18-53)38(56)25-52-15-13-27(14-16-52)26-7-9-29(10-8-26)47-33-11-12-37(55)50-41(33)58/h3-10,21-22,24,27,33,47H,11-20,25H2,1-2H3,(H,45,57)(H,50,55,58)(H2,46,48,49,51). The van der Waals surface area contributed by atoms with E-state index in [9.17, 15) is 24.4 Å². The predicted molar refractivity (Wildman–Crippen MR) is 225 cm³/mol. The number of carbonyl (C=O) groups excluding carboxylic acids is 4. The van der Waals surface area contributed by atoms with E-state index in [4.69, 9.17) is 16.3 Å². The zero-order chi connectivity index (χ0) is 41.5. The van der Waals surface area contributed by atoms with Crippen LogP contribution in [0.2, 0.25) is 5.02 Å². The van der Waals surface area contributed by atoms with Gasteiger partial charge in [0.2, 0.25) is 23.7 Å². The lowest BCUT2D eigenvalue weighted by atomic mass is 9.89. The van der Waals surface area contributed by atoms with Crippen molar-refractivity contribution in [1.82, 2.24) is 30.4 Å². The number of carbonyl (C=O) groups is 4. The van der Waals surface area contributed by atoms with Crippen molar-refractivity contribution in [3.05, 3.63) is 88.6 Å². The van der Waals surface area contributed by atoms with Gasteiger partial charge in [0, 0.05) is 51.4 Å². The first-order valence-electron chi connectivity index (χ1n) is 19.6. The largest absolute Gasteiger partial charge is 0.494 e. The molecule has 3 fully saturated rings. The molecule has 16 nitrogen and oxygen atoms in total. The number of halogens is 1. The molecule has 17 heteroatoms. The summed E-state index contributed by atoms with van der Waals surface area (Å²) in [7, 11) is 3.10. The number of likely N-dealkylation sites (tertiary alicyclic amines) is 1. The Kier molecular flexibility index (Phi) is 12.7. The van der Waals surface area contributed by atoms with Crippen molar-refractivity contribution in [3.63, 3.8) is 0 Å². The minimum absolute atomic E-state index is 0.0959. The van der Waals surface area contributed by atoms with E-state index < -0.39 is 6.04 Å². The van der Waals surface area contributed by atoms with E-state index in [1.165, 1.54) is 11.8 Å². The number of benzene rings is 3. The minimum Gasteiger partial charge on any atom is -0.494 e. The fraction of sp³-hybridized carbons (Fsp3) is 0.357. The van der Waals surface area contributed by atoms with Crippen molar-refractivity contribution in [2.45, 2.75) is 37.6 Å². The summed E-state index contributed by atoms with van der Waals surface area (Å²) in [5, 5.41) is 25.0. The summed E-state index contributed by atoms with van der Waals surface area (Å²) >= 11 is 6.43. The monoisotopic (exact) mass is 819 g/mol. The van der Waals surface area contributed by atoms with Crippen molar-refractivity contribution in [2.75, 3.05) is 80.8 Å². The predicted octanol–water partition coefficient (Wildman–Crippen LogP) is 4.60. The highest BCUT2D eigenvalue weighted by atomic mass is 35.5. The Morgan fingerprint density at radius 3 is 2.41 bits per heavy atom. The Morgan fingerprint density at radius 2 is 1.71 bits per heavy atom. The van der Waals surface area contributed by atoms with E-state index in [1.807, 2.05) is 17.0 Å². The van der Waals surface area contributed by atoms with E-state index in [-0.39, 0.29) is 40.4 Å². The van der Waals surface area contributed by atoms with Gasteiger partial charge in [0.1, 0.15) is 22.9 Å². The van der Waals surface area contributed by atoms with Crippen LogP contribution in [0.15, 0.2) is 66.9 Å². The molecule has 3 aliphatic heterocycles. The molecule has 4 heterocycles. The number of aromatic nitrogens is 2. The summed E-state index contributed by atoms with van der Waals surface area (Å²) in [6, 6.07) is 20.5. The fourth-order valence-electron chi connectivity index (χ4n) is 7.67. The van der Waals surface area contributed by atoms with E-state index in [0.717, 1.165) is 31.6 Å². The number of amides is 4. The first-order valence-corrected chi connectivity index (χ1v) is 19.9. The number of imide groups is 1. The van der Waals surface area contributed by atoms with Crippen LogP contribution in [-0.2, 0) is 14.4 Å². The quantitative estimate of drug-likeness (QED) is 0.125. The van der Waals surface area contributed by atoms with Crippen LogP contribution >= 0.6 is 11.6 Å². The maximum Gasteiger partial charge on any atom is 0.253 e. The molecule has 1 unspecified atom stereocenters. The van der Waals surface area contributed by atoms with Crippen molar-refractivity contribution < 1.29 is 23.9 Å². The number of para-hydroxylation sites is 1. The van der Waals surface area contributed by atoms with Gasteiger partial charge in [-0.05, 0) is 74.2 Å². The van der Waals surface area contributed by atoms with Crippen molar-refractivity contribution in [2.24, 2.45) is 0 Å². The Labute approximate surface area is 347 Å². The molecular weight excluding hydrogens is 774 g/mol. The number of nitrogens with one attached hydrogen (secondary N) is 5. The summed E-state index contributed by atoms with van der Waals surface area (Å²) in [4.78, 5) is 64.5. The number of nitriles is 1. The van der Waals surface area contributed by atoms with Gasteiger partial charge in [0.05, 0.1) is 48.0 Å². The van der Waals surface area contributed by atoms with Crippen molar-refractivity contribution >= 4 is 69.7 Å². The van der Waals surface area contributed by atoms with Crippen LogP contribution in [0.4, 0.5) is 34.5 Å². The van der Waals surface area contributed by atoms with Crippen LogP contribution in [0, 0.1) is 11.3 Å². The molecular formula is C42H46ClN11O5. The number of piperidine rings is 2. The van der Waals surface area contributed by atoms with E-state index in [0.29, 0.717) is 85.4 Å². The number of piperazine rings is 1. The molecule has 5 N–H and O–H groups in total. The normalized spacial score (nSPS) is 17.4. The third kappa shape index (κ3) is 9.65. The van der Waals surface area contributed by atoms with Gasteiger partial charge in [0.25, 0.3) is 5.91 Å². The molecule has 0 saturated carbocycles. The van der Waals surface area contributed by atoms with Crippen LogP contribution in [0.1, 0.15) is 53.1 Å². The molecule has 0 bridgehead atoms. The number of rotatable bonds is 12. The maximum absolute atomic E-state index is 13.4. The second-order valence-electron chi connectivity index (χ2n) is 14.6. The van der Waals surface area contributed by atoms with Crippen LogP contribution in [-0.4, -0.2) is 109 Å². The van der Waals surface area contributed by atoms with Crippen molar-refractivity contribution in [1.29, 1.82) is 5.26 Å². The van der Waals surface area contributed by atoms with Crippen LogP contribution in [0.3, 0.4) is 0 Å². The summed E-state index contributed by atoms with van der Waals surface area (Å²) in [5.74, 6) is 0.635. The van der Waals surface area contributed by atoms with Gasteiger partial charge in [-0.3, -0.25) is 29.4 Å². The topological polar surface area (TPSA) is 197 Å². The van der Waals surface area contributed by atoms with Gasteiger partial charge < -0.3 is 35.8 Å². The smallest absolute Gasteiger partial charge is 0.253 e. The minimum atomic E-state index is -0.416. The summed E-state index contributed by atoms with van der Waals surface area (Å²) in [5.41, 5.74) is 4.61. The Bertz CT molecular complexity index is 2250. The summed E-state index contributed by atoms with van der Waals surface area (Å²) in [6.07, 6.45) is 4.13. The third-order valence-electron chi connectivity index (χ3n) is 11.0. The Balaban J connectivity index is 0.914. The van der Waals surface area contributed by atoms with Crippen LogP contribution < -0.4 is 36.2 Å². The highest BCUT2D eigenvalue weighted by Gasteiger charge is 2.29. The Morgan fingerprint density at radius 1 is 0.966 bits per heavy atom. The SMILES string of the molecule is CNC(=O)c1ccccc1Nc1nc(Nc2cc(C#N)c(N3CCN(C(=O)CN4CCC(c5ccc(NC6CCC(=O)NC6=O)cc5)CC4)CC3)cc2OC)ncc1Cl. The molecule has 306 valence electrons. The molecule has 0 radical (unpaired) electrons. The maximum atomic E-state index is 13.4. The third-order valence-corrected chi connectivity index (χ3v) is 11.2. The van der Waals surface area contributed by atoms with E-state index in [1.54, 1.807) is 50.6 Å². The molecule has 4 amide bonds. The lowest BCUT2D eigenvalue weighted by Gasteiger charge is -2.38. The molecule has 1 atom stereocenters. The molecule has 3 aromatic carbocycles. The molecule has 1 aromatic heterocycles. The molecule has 3 saturated heterocycles. The molecule has 0 spiro atoms. The Hall–Kier alpha value is -6.44. The molecule has 7 rings (SSSR count). The molecule has 59 heavy (non-hydrogen) atoms. The van der Waals surface area contributed by atoms with Gasteiger partial charge in [0.15, 0.2) is 5.82 Å². The van der Waals surface area contributed by atoms with E-state index in [2.05, 4.69) is 64.6 Å². The lowest BCUT2D eigenvalue weighted by Crippen LogP contribution is -2.52. The van der Waals surface area contributed by atoms with Crippen molar-refractivity contribution in [3.8, 4) is 11.8 Å². The summed E-state index contributed by atoms with van der Waals surface area (Å²) < 4.78 is 5.74. The van der Waals surface area contributed by atoms with Gasteiger partial charge >= 0.3 is 0 Å². The average molecular weight is 820 g/mol. The molecule has 0 aliphatic carbocycles. The summed E-state index contributed by atoms with van der Waals surface area (Å²) in [6.45, 7) is 4.17. The van der Waals surface area contributed by atoms with Gasteiger partial charge in [-0.25, -0.2) is 4.98 Å². The second-order valence-corrected chi connectivity index (χ2v) is 15.0. The highest BCUT2D eigenvalue weighted by Crippen LogP contribution is 2.36. The lowest BCUT2D eigenvalue weighted by molar-refractivity contribution is -0.134. The number of hydrogen-bond donors (Lipinski definition) is 5. The average Bonchev–Trinajstić information content (AvgIpc) is 3.26. The molecule has 4 aromatic rings. The van der Waals surface area contributed by atoms with Gasteiger partial charge in [-0.2, -0.15) is 10.2 Å². The number of hydrogen-bond acceptors (Lipinski definition) is 13. The van der Waals surface area contributed by atoms with Crippen LogP contribution in [0.25, 0.3) is 0 Å². The number of methoxy groups -OCH3 is 1.